The van der Waals surface area contributed by atoms with Crippen LogP contribution in [0.25, 0.3) is 0 Å². The summed E-state index contributed by atoms with van der Waals surface area (Å²) in [5.74, 6) is -0.326. The molecular formula is C12H8BrFN2O2S. The average molecular weight is 343 g/mol. The zero-order valence-electron chi connectivity index (χ0n) is 9.55. The number of thioether (sulfide) groups is 1. The molecule has 0 saturated heterocycles. The highest BCUT2D eigenvalue weighted by atomic mass is 79.9. The van der Waals surface area contributed by atoms with Gasteiger partial charge in [-0.15, -0.1) is 11.8 Å². The second kappa shape index (κ2) is 6.12. The van der Waals surface area contributed by atoms with Gasteiger partial charge in [-0.2, -0.15) is 4.39 Å². The van der Waals surface area contributed by atoms with Crippen LogP contribution in [-0.4, -0.2) is 9.91 Å². The van der Waals surface area contributed by atoms with Crippen LogP contribution in [0.5, 0.6) is 0 Å². The van der Waals surface area contributed by atoms with Crippen LogP contribution in [0.3, 0.4) is 0 Å². The fraction of sp³-hybridized carbons (Fsp3) is 0.0833. The van der Waals surface area contributed by atoms with E-state index in [1.54, 1.807) is 18.3 Å². The molecule has 0 radical (unpaired) electrons. The topological polar surface area (TPSA) is 56.0 Å². The maximum absolute atomic E-state index is 13.4. The number of pyridine rings is 1. The first-order valence-corrected chi connectivity index (χ1v) is 7.02. The second-order valence-electron chi connectivity index (χ2n) is 3.62. The highest BCUT2D eigenvalue weighted by Crippen LogP contribution is 2.28. The SMILES string of the molecule is O=[N+]([O-])c1ccc(CSc2ncccc2Br)cc1F. The van der Waals surface area contributed by atoms with Gasteiger partial charge in [-0.25, -0.2) is 4.98 Å². The smallest absolute Gasteiger partial charge is 0.258 e. The Labute approximate surface area is 121 Å². The molecule has 0 aliphatic heterocycles. The van der Waals surface area contributed by atoms with Gasteiger partial charge in [0.05, 0.1) is 4.92 Å². The summed E-state index contributed by atoms with van der Waals surface area (Å²) in [5, 5.41) is 11.3. The van der Waals surface area contributed by atoms with Gasteiger partial charge in [0.15, 0.2) is 0 Å². The fourth-order valence-electron chi connectivity index (χ4n) is 1.42. The van der Waals surface area contributed by atoms with Gasteiger partial charge >= 0.3 is 5.69 Å². The maximum atomic E-state index is 13.4. The van der Waals surface area contributed by atoms with Crippen LogP contribution >= 0.6 is 27.7 Å². The average Bonchev–Trinajstić information content (AvgIpc) is 2.37. The highest BCUT2D eigenvalue weighted by Gasteiger charge is 2.13. The van der Waals surface area contributed by atoms with Gasteiger partial charge < -0.3 is 0 Å². The van der Waals surface area contributed by atoms with Gasteiger partial charge in [-0.05, 0) is 39.7 Å². The molecule has 0 unspecified atom stereocenters. The first kappa shape index (κ1) is 14.0. The third-order valence-corrected chi connectivity index (χ3v) is 4.29. The van der Waals surface area contributed by atoms with Gasteiger partial charge in [0.25, 0.3) is 0 Å². The van der Waals surface area contributed by atoms with Gasteiger partial charge in [-0.1, -0.05) is 6.07 Å². The van der Waals surface area contributed by atoms with E-state index in [-0.39, 0.29) is 0 Å². The summed E-state index contributed by atoms with van der Waals surface area (Å²) in [7, 11) is 0. The van der Waals surface area contributed by atoms with Gasteiger partial charge in [0.2, 0.25) is 5.82 Å². The Morgan fingerprint density at radius 1 is 1.42 bits per heavy atom. The third kappa shape index (κ3) is 3.51. The van der Waals surface area contributed by atoms with Crippen LogP contribution in [0.1, 0.15) is 5.56 Å². The fourth-order valence-corrected chi connectivity index (χ4v) is 2.84. The lowest BCUT2D eigenvalue weighted by Crippen LogP contribution is -1.93. The number of nitro groups is 1. The Bertz CT molecular complexity index is 624. The van der Waals surface area contributed by atoms with E-state index in [4.69, 9.17) is 0 Å². The van der Waals surface area contributed by atoms with Crippen LogP contribution in [0.15, 0.2) is 46.0 Å². The van der Waals surface area contributed by atoms with Crippen molar-refractivity contribution in [2.45, 2.75) is 10.8 Å². The Balaban J connectivity index is 2.11. The molecule has 1 aromatic heterocycles. The lowest BCUT2D eigenvalue weighted by atomic mass is 10.2. The van der Waals surface area contributed by atoms with Gasteiger partial charge in [-0.3, -0.25) is 10.1 Å². The molecule has 4 nitrogen and oxygen atoms in total. The summed E-state index contributed by atoms with van der Waals surface area (Å²) < 4.78 is 14.3. The molecule has 0 spiro atoms. The molecule has 7 heteroatoms. The monoisotopic (exact) mass is 342 g/mol. The molecule has 0 amide bonds. The Hall–Kier alpha value is -1.47. The Kier molecular flexibility index (Phi) is 4.49. The van der Waals surface area contributed by atoms with E-state index in [2.05, 4.69) is 20.9 Å². The normalized spacial score (nSPS) is 10.4. The molecule has 19 heavy (non-hydrogen) atoms. The van der Waals surface area contributed by atoms with Gasteiger partial charge in [0, 0.05) is 22.5 Å². The second-order valence-corrected chi connectivity index (χ2v) is 5.44. The maximum Gasteiger partial charge on any atom is 0.304 e. The number of benzene rings is 1. The number of rotatable bonds is 4. The van der Waals surface area contributed by atoms with E-state index in [9.17, 15) is 14.5 Å². The third-order valence-electron chi connectivity index (χ3n) is 2.31. The zero-order chi connectivity index (χ0) is 13.8. The van der Waals surface area contributed by atoms with Crippen molar-refractivity contribution in [3.63, 3.8) is 0 Å². The number of hydrogen-bond donors (Lipinski definition) is 0. The van der Waals surface area contributed by atoms with E-state index in [0.29, 0.717) is 11.3 Å². The molecule has 0 bridgehead atoms. The van der Waals surface area contributed by atoms with E-state index in [1.165, 1.54) is 23.9 Å². The van der Waals surface area contributed by atoms with E-state index in [0.717, 1.165) is 9.50 Å². The summed E-state index contributed by atoms with van der Waals surface area (Å²) in [6.45, 7) is 0. The molecule has 1 aromatic carbocycles. The van der Waals surface area contributed by atoms with Crippen LogP contribution in [0, 0.1) is 15.9 Å². The molecule has 0 saturated carbocycles. The zero-order valence-corrected chi connectivity index (χ0v) is 11.9. The minimum atomic E-state index is -0.816. The van der Waals surface area contributed by atoms with Crippen molar-refractivity contribution in [3.8, 4) is 0 Å². The first-order chi connectivity index (χ1) is 9.08. The van der Waals surface area contributed by atoms with E-state index < -0.39 is 16.4 Å². The van der Waals surface area contributed by atoms with E-state index >= 15 is 0 Å². The number of aromatic nitrogens is 1. The summed E-state index contributed by atoms with van der Waals surface area (Å²) in [6, 6.07) is 7.58. The summed E-state index contributed by atoms with van der Waals surface area (Å²) in [5.41, 5.74) is 0.165. The van der Waals surface area contributed by atoms with Crippen molar-refractivity contribution in [1.29, 1.82) is 0 Å². The van der Waals surface area contributed by atoms with Crippen molar-refractivity contribution < 1.29 is 9.31 Å². The quantitative estimate of drug-likeness (QED) is 0.475. The highest BCUT2D eigenvalue weighted by molar-refractivity contribution is 9.10. The number of hydrogen-bond acceptors (Lipinski definition) is 4. The molecule has 2 rings (SSSR count). The number of nitrogens with zero attached hydrogens (tertiary/aromatic N) is 2. The van der Waals surface area contributed by atoms with Crippen molar-refractivity contribution in [2.75, 3.05) is 0 Å². The largest absolute Gasteiger partial charge is 0.304 e. The van der Waals surface area contributed by atoms with Crippen molar-refractivity contribution >= 4 is 33.4 Å². The number of nitro benzene ring substituents is 1. The van der Waals surface area contributed by atoms with Crippen LogP contribution in [0.4, 0.5) is 10.1 Å². The summed E-state index contributed by atoms with van der Waals surface area (Å²) in [6.07, 6.45) is 1.67. The molecule has 0 fully saturated rings. The molecule has 2 aromatic rings. The lowest BCUT2D eigenvalue weighted by Gasteiger charge is -2.03. The van der Waals surface area contributed by atoms with Crippen molar-refractivity contribution in [2.24, 2.45) is 0 Å². The standard InChI is InChI=1S/C12H8BrFN2O2S/c13-9-2-1-5-15-12(9)19-7-8-3-4-11(16(17)18)10(14)6-8/h1-6H,7H2. The predicted molar refractivity (Wildman–Crippen MR) is 74.6 cm³/mol. The lowest BCUT2D eigenvalue weighted by molar-refractivity contribution is -0.387. The van der Waals surface area contributed by atoms with Crippen LogP contribution in [0.2, 0.25) is 0 Å². The number of halogens is 2. The molecule has 0 aliphatic rings. The minimum absolute atomic E-state index is 0.491. The minimum Gasteiger partial charge on any atom is -0.258 e. The molecule has 98 valence electrons. The van der Waals surface area contributed by atoms with Crippen LogP contribution < -0.4 is 0 Å². The van der Waals surface area contributed by atoms with Crippen molar-refractivity contribution in [1.82, 2.24) is 4.98 Å². The first-order valence-electron chi connectivity index (χ1n) is 5.24. The molecule has 0 atom stereocenters. The molecule has 0 aliphatic carbocycles. The molecule has 1 heterocycles. The molecular weight excluding hydrogens is 335 g/mol. The summed E-state index contributed by atoms with van der Waals surface area (Å²) in [4.78, 5) is 13.9. The van der Waals surface area contributed by atoms with Gasteiger partial charge in [0.1, 0.15) is 5.03 Å². The van der Waals surface area contributed by atoms with E-state index in [1.807, 2.05) is 6.07 Å². The predicted octanol–water partition coefficient (Wildman–Crippen LogP) is 4.18. The van der Waals surface area contributed by atoms with Crippen LogP contribution in [-0.2, 0) is 5.75 Å². The van der Waals surface area contributed by atoms with Crippen molar-refractivity contribution in [3.05, 3.63) is 62.5 Å². The molecule has 0 N–H and O–H groups in total. The summed E-state index contributed by atoms with van der Waals surface area (Å²) >= 11 is 4.80. The Morgan fingerprint density at radius 3 is 2.84 bits per heavy atom. The Morgan fingerprint density at radius 2 is 2.21 bits per heavy atom.